The van der Waals surface area contributed by atoms with Crippen molar-refractivity contribution in [2.75, 3.05) is 13.2 Å². The summed E-state index contributed by atoms with van der Waals surface area (Å²) in [5.41, 5.74) is 1.10. The van der Waals surface area contributed by atoms with Crippen LogP contribution in [0, 0.1) is 6.92 Å². The van der Waals surface area contributed by atoms with E-state index in [-0.39, 0.29) is 6.61 Å². The van der Waals surface area contributed by atoms with Crippen LogP contribution in [0.3, 0.4) is 0 Å². The highest BCUT2D eigenvalue weighted by atomic mass is 79.9. The van der Waals surface area contributed by atoms with Gasteiger partial charge in [-0.05, 0) is 30.7 Å². The highest BCUT2D eigenvalue weighted by molar-refractivity contribution is 9.10. The van der Waals surface area contributed by atoms with Gasteiger partial charge in [-0.1, -0.05) is 15.9 Å². The molecule has 0 atom stereocenters. The Hall–Kier alpha value is -0.540. The summed E-state index contributed by atoms with van der Waals surface area (Å²) in [7, 11) is 0. The van der Waals surface area contributed by atoms with Gasteiger partial charge in [-0.3, -0.25) is 0 Å². The van der Waals surface area contributed by atoms with Gasteiger partial charge in [0, 0.05) is 17.5 Å². The number of halogens is 1. The molecule has 0 saturated heterocycles. The van der Waals surface area contributed by atoms with E-state index < -0.39 is 0 Å². The third-order valence-corrected chi connectivity index (χ3v) is 2.19. The zero-order valence-electron chi connectivity index (χ0n) is 7.59. The number of hydrogen-bond acceptors (Lipinski definition) is 2. The Morgan fingerprint density at radius 3 is 2.85 bits per heavy atom. The summed E-state index contributed by atoms with van der Waals surface area (Å²) in [6, 6.07) is 5.88. The third-order valence-electron chi connectivity index (χ3n) is 1.70. The normalized spacial score (nSPS) is 10.1. The van der Waals surface area contributed by atoms with E-state index in [0.29, 0.717) is 13.0 Å². The fourth-order valence-corrected chi connectivity index (χ4v) is 1.50. The lowest BCUT2D eigenvalue weighted by atomic mass is 10.2. The Kier molecular flexibility index (Phi) is 4.25. The molecule has 0 aliphatic rings. The average molecular weight is 245 g/mol. The van der Waals surface area contributed by atoms with E-state index in [4.69, 9.17) is 9.84 Å². The first-order chi connectivity index (χ1) is 6.24. The van der Waals surface area contributed by atoms with Gasteiger partial charge >= 0.3 is 0 Å². The number of hydrogen-bond donors (Lipinski definition) is 1. The van der Waals surface area contributed by atoms with Crippen LogP contribution in [0.25, 0.3) is 0 Å². The smallest absolute Gasteiger partial charge is 0.122 e. The fourth-order valence-electron chi connectivity index (χ4n) is 1.02. The van der Waals surface area contributed by atoms with Crippen LogP contribution in [-0.4, -0.2) is 18.3 Å². The van der Waals surface area contributed by atoms with Crippen molar-refractivity contribution in [3.8, 4) is 5.75 Å². The highest BCUT2D eigenvalue weighted by Crippen LogP contribution is 2.22. The molecule has 0 heterocycles. The van der Waals surface area contributed by atoms with Crippen LogP contribution in [0.1, 0.15) is 12.0 Å². The van der Waals surface area contributed by atoms with E-state index in [0.717, 1.165) is 15.8 Å². The van der Waals surface area contributed by atoms with Crippen LogP contribution in [0.15, 0.2) is 22.7 Å². The SMILES string of the molecule is Cc1cc(Br)ccc1OCCCO. The van der Waals surface area contributed by atoms with Gasteiger partial charge in [-0.2, -0.15) is 0 Å². The maximum absolute atomic E-state index is 8.57. The van der Waals surface area contributed by atoms with Crippen molar-refractivity contribution < 1.29 is 9.84 Å². The number of benzene rings is 1. The van der Waals surface area contributed by atoms with Gasteiger partial charge in [0.05, 0.1) is 6.61 Å². The van der Waals surface area contributed by atoms with Crippen LogP contribution in [-0.2, 0) is 0 Å². The lowest BCUT2D eigenvalue weighted by molar-refractivity contribution is 0.233. The molecule has 0 unspecified atom stereocenters. The van der Waals surface area contributed by atoms with Crippen molar-refractivity contribution in [2.45, 2.75) is 13.3 Å². The first-order valence-electron chi connectivity index (χ1n) is 4.24. The van der Waals surface area contributed by atoms with Gasteiger partial charge in [-0.15, -0.1) is 0 Å². The monoisotopic (exact) mass is 244 g/mol. The van der Waals surface area contributed by atoms with Gasteiger partial charge in [0.25, 0.3) is 0 Å². The van der Waals surface area contributed by atoms with Crippen molar-refractivity contribution in [3.63, 3.8) is 0 Å². The Balaban J connectivity index is 2.56. The number of aliphatic hydroxyl groups is 1. The largest absolute Gasteiger partial charge is 0.493 e. The number of aryl methyl sites for hydroxylation is 1. The molecule has 0 radical (unpaired) electrons. The summed E-state index contributed by atoms with van der Waals surface area (Å²) in [6.07, 6.45) is 0.676. The Morgan fingerprint density at radius 1 is 1.46 bits per heavy atom. The summed E-state index contributed by atoms with van der Waals surface area (Å²) < 4.78 is 6.51. The molecular formula is C10H13BrO2. The molecule has 0 aromatic heterocycles. The second kappa shape index (κ2) is 5.25. The van der Waals surface area contributed by atoms with Crippen molar-refractivity contribution in [1.29, 1.82) is 0 Å². The van der Waals surface area contributed by atoms with Crippen molar-refractivity contribution in [2.24, 2.45) is 0 Å². The molecule has 2 nitrogen and oxygen atoms in total. The Bertz CT molecular complexity index is 274. The van der Waals surface area contributed by atoms with Crippen molar-refractivity contribution in [3.05, 3.63) is 28.2 Å². The van der Waals surface area contributed by atoms with Crippen molar-refractivity contribution in [1.82, 2.24) is 0 Å². The van der Waals surface area contributed by atoms with Crippen LogP contribution in [0.4, 0.5) is 0 Å². The number of ether oxygens (including phenoxy) is 1. The van der Waals surface area contributed by atoms with E-state index in [9.17, 15) is 0 Å². The second-order valence-electron chi connectivity index (χ2n) is 2.84. The third kappa shape index (κ3) is 3.36. The van der Waals surface area contributed by atoms with Crippen LogP contribution >= 0.6 is 15.9 Å². The molecule has 1 rings (SSSR count). The minimum absolute atomic E-state index is 0.176. The summed E-state index contributed by atoms with van der Waals surface area (Å²) >= 11 is 3.38. The fraction of sp³-hybridized carbons (Fsp3) is 0.400. The van der Waals surface area contributed by atoms with E-state index in [1.165, 1.54) is 0 Å². The summed E-state index contributed by atoms with van der Waals surface area (Å²) in [4.78, 5) is 0. The van der Waals surface area contributed by atoms with Gasteiger partial charge < -0.3 is 9.84 Å². The predicted molar refractivity (Wildman–Crippen MR) is 56.1 cm³/mol. The standard InChI is InChI=1S/C10H13BrO2/c1-8-7-9(11)3-4-10(8)13-6-2-5-12/h3-4,7,12H,2,5-6H2,1H3. The molecule has 13 heavy (non-hydrogen) atoms. The van der Waals surface area contributed by atoms with Gasteiger partial charge in [0.15, 0.2) is 0 Å². The number of rotatable bonds is 4. The molecule has 0 fully saturated rings. The van der Waals surface area contributed by atoms with Crippen LogP contribution in [0.5, 0.6) is 5.75 Å². The van der Waals surface area contributed by atoms with Gasteiger partial charge in [0.1, 0.15) is 5.75 Å². The molecule has 0 bridgehead atoms. The second-order valence-corrected chi connectivity index (χ2v) is 3.75. The van der Waals surface area contributed by atoms with Crippen LogP contribution in [0.2, 0.25) is 0 Å². The minimum Gasteiger partial charge on any atom is -0.493 e. The molecule has 0 spiro atoms. The Labute approximate surface area is 86.7 Å². The Morgan fingerprint density at radius 2 is 2.23 bits per heavy atom. The van der Waals surface area contributed by atoms with Gasteiger partial charge in [-0.25, -0.2) is 0 Å². The average Bonchev–Trinajstić information content (AvgIpc) is 2.09. The predicted octanol–water partition coefficient (Wildman–Crippen LogP) is 2.52. The van der Waals surface area contributed by atoms with E-state index in [1.54, 1.807) is 0 Å². The van der Waals surface area contributed by atoms with E-state index in [2.05, 4.69) is 15.9 Å². The van der Waals surface area contributed by atoms with Gasteiger partial charge in [0.2, 0.25) is 0 Å². The lowest BCUT2D eigenvalue weighted by Crippen LogP contribution is -2.00. The molecule has 0 amide bonds. The maximum atomic E-state index is 8.57. The highest BCUT2D eigenvalue weighted by Gasteiger charge is 1.98. The summed E-state index contributed by atoms with van der Waals surface area (Å²) in [5, 5.41) is 8.57. The zero-order chi connectivity index (χ0) is 9.68. The maximum Gasteiger partial charge on any atom is 0.122 e. The summed E-state index contributed by atoms with van der Waals surface area (Å²) in [5.74, 6) is 0.886. The molecule has 0 aliphatic carbocycles. The van der Waals surface area contributed by atoms with Crippen molar-refractivity contribution >= 4 is 15.9 Å². The molecular weight excluding hydrogens is 232 g/mol. The van der Waals surface area contributed by atoms with E-state index >= 15 is 0 Å². The quantitative estimate of drug-likeness (QED) is 0.826. The minimum atomic E-state index is 0.176. The molecule has 1 aromatic carbocycles. The van der Waals surface area contributed by atoms with E-state index in [1.807, 2.05) is 25.1 Å². The molecule has 3 heteroatoms. The molecule has 72 valence electrons. The molecule has 0 aliphatic heterocycles. The van der Waals surface area contributed by atoms with Crippen LogP contribution < -0.4 is 4.74 Å². The molecule has 0 saturated carbocycles. The first kappa shape index (κ1) is 10.5. The first-order valence-corrected chi connectivity index (χ1v) is 5.03. The molecule has 1 N–H and O–H groups in total. The zero-order valence-corrected chi connectivity index (χ0v) is 9.17. The summed E-state index contributed by atoms with van der Waals surface area (Å²) in [6.45, 7) is 2.74. The number of aliphatic hydroxyl groups excluding tert-OH is 1. The topological polar surface area (TPSA) is 29.5 Å². The lowest BCUT2D eigenvalue weighted by Gasteiger charge is -2.08. The molecule has 1 aromatic rings.